The molecule has 0 fully saturated rings. The molecule has 1 atom stereocenters. The van der Waals surface area contributed by atoms with Crippen LogP contribution in [0.25, 0.3) is 0 Å². The molecule has 2 N–H and O–H groups in total. The molecule has 0 heterocycles. The summed E-state index contributed by atoms with van der Waals surface area (Å²) in [6, 6.07) is 0. The smallest absolute Gasteiger partial charge is 0.129 e. The number of hydrogen-bond acceptors (Lipinski definition) is 3. The third-order valence-corrected chi connectivity index (χ3v) is 0.866. The minimum absolute atomic E-state index is 0.139. The quantitative estimate of drug-likeness (QED) is 0.643. The van der Waals surface area contributed by atoms with E-state index >= 15 is 0 Å². The van der Waals surface area contributed by atoms with Crippen molar-refractivity contribution in [1.82, 2.24) is 0 Å². The van der Waals surface area contributed by atoms with Crippen LogP contribution in [0.1, 0.15) is 33.6 Å². The van der Waals surface area contributed by atoms with Gasteiger partial charge in [-0.1, -0.05) is 6.92 Å². The molecule has 0 aromatic carbocycles. The largest absolute Gasteiger partial charge is 0.394 e. The van der Waals surface area contributed by atoms with Gasteiger partial charge in [0.15, 0.2) is 0 Å². The topological polar surface area (TPSA) is 57.5 Å². The lowest BCUT2D eigenvalue weighted by Gasteiger charge is -1.90. The molecule has 0 saturated carbocycles. The molecule has 0 rings (SSSR count). The van der Waals surface area contributed by atoms with Crippen LogP contribution < -0.4 is 0 Å². The summed E-state index contributed by atoms with van der Waals surface area (Å²) in [5.41, 5.74) is 0. The zero-order chi connectivity index (χ0) is 9.28. The van der Waals surface area contributed by atoms with Gasteiger partial charge >= 0.3 is 0 Å². The number of aliphatic hydroxyl groups excluding tert-OH is 2. The SMILES string of the molecule is CC(O)CO.CCCC(C)=O. The fourth-order valence-electron chi connectivity index (χ4n) is 0.352. The van der Waals surface area contributed by atoms with Crippen molar-refractivity contribution in [1.29, 1.82) is 0 Å². The standard InChI is InChI=1S/C5H10O.C3H8O2/c1-3-4-5(2)6;1-3(5)2-4/h3-4H2,1-2H3;3-5H,2H2,1H3. The Kier molecular flexibility index (Phi) is 11.5. The van der Waals surface area contributed by atoms with Crippen LogP contribution in [0.2, 0.25) is 0 Å². The van der Waals surface area contributed by atoms with Gasteiger partial charge in [0.25, 0.3) is 0 Å². The minimum atomic E-state index is -0.560. The number of Topliss-reactive ketones (excluding diaryl/α,β-unsaturated/α-hetero) is 1. The first-order valence-electron chi connectivity index (χ1n) is 3.82. The Morgan fingerprint density at radius 1 is 1.55 bits per heavy atom. The third kappa shape index (κ3) is 26.2. The summed E-state index contributed by atoms with van der Waals surface area (Å²) < 4.78 is 0. The first-order chi connectivity index (χ1) is 5.04. The molecule has 0 aromatic rings. The molecule has 0 radical (unpaired) electrons. The first kappa shape index (κ1) is 13.2. The summed E-state index contributed by atoms with van der Waals surface area (Å²) in [7, 11) is 0. The normalized spacial score (nSPS) is 11.4. The average Bonchev–Trinajstić information content (AvgIpc) is 1.89. The van der Waals surface area contributed by atoms with E-state index in [4.69, 9.17) is 10.2 Å². The van der Waals surface area contributed by atoms with Crippen molar-refractivity contribution in [3.05, 3.63) is 0 Å². The first-order valence-corrected chi connectivity index (χ1v) is 3.82. The number of aliphatic hydroxyl groups is 2. The average molecular weight is 162 g/mol. The predicted molar refractivity (Wildman–Crippen MR) is 44.4 cm³/mol. The van der Waals surface area contributed by atoms with Crippen molar-refractivity contribution in [2.75, 3.05) is 6.61 Å². The maximum atomic E-state index is 10.0. The Labute approximate surface area is 68.0 Å². The minimum Gasteiger partial charge on any atom is -0.394 e. The molecule has 11 heavy (non-hydrogen) atoms. The van der Waals surface area contributed by atoms with E-state index in [0.717, 1.165) is 12.8 Å². The van der Waals surface area contributed by atoms with Gasteiger partial charge in [0.1, 0.15) is 5.78 Å². The third-order valence-electron chi connectivity index (χ3n) is 0.866. The summed E-state index contributed by atoms with van der Waals surface area (Å²) in [6.45, 7) is 5.00. The molecule has 0 bridgehead atoms. The Balaban J connectivity index is 0. The maximum Gasteiger partial charge on any atom is 0.129 e. The van der Waals surface area contributed by atoms with Crippen LogP contribution in [-0.2, 0) is 4.79 Å². The van der Waals surface area contributed by atoms with Crippen LogP contribution in [0.3, 0.4) is 0 Å². The lowest BCUT2D eigenvalue weighted by atomic mass is 10.3. The fraction of sp³-hybridized carbons (Fsp3) is 0.875. The van der Waals surface area contributed by atoms with Crippen molar-refractivity contribution < 1.29 is 15.0 Å². The Morgan fingerprint density at radius 2 is 1.91 bits per heavy atom. The Hall–Kier alpha value is -0.410. The van der Waals surface area contributed by atoms with Crippen LogP contribution in [-0.4, -0.2) is 28.7 Å². The summed E-state index contributed by atoms with van der Waals surface area (Å²) >= 11 is 0. The number of carbonyl (C=O) groups is 1. The van der Waals surface area contributed by atoms with E-state index in [9.17, 15) is 4.79 Å². The molecule has 0 aliphatic heterocycles. The van der Waals surface area contributed by atoms with E-state index in [1.807, 2.05) is 6.92 Å². The van der Waals surface area contributed by atoms with Crippen molar-refractivity contribution in [3.63, 3.8) is 0 Å². The highest BCUT2D eigenvalue weighted by molar-refractivity contribution is 5.75. The predicted octanol–water partition coefficient (Wildman–Crippen LogP) is 0.735. The van der Waals surface area contributed by atoms with E-state index < -0.39 is 6.10 Å². The zero-order valence-corrected chi connectivity index (χ0v) is 7.50. The molecule has 0 spiro atoms. The Bertz CT molecular complexity index is 89.3. The van der Waals surface area contributed by atoms with Gasteiger partial charge in [-0.2, -0.15) is 0 Å². The van der Waals surface area contributed by atoms with Crippen LogP contribution >= 0.6 is 0 Å². The van der Waals surface area contributed by atoms with Crippen molar-refractivity contribution >= 4 is 5.78 Å². The van der Waals surface area contributed by atoms with Crippen LogP contribution in [0, 0.1) is 0 Å². The molecule has 0 saturated heterocycles. The van der Waals surface area contributed by atoms with Gasteiger partial charge in [0, 0.05) is 6.42 Å². The summed E-state index contributed by atoms with van der Waals surface area (Å²) in [5, 5.41) is 16.0. The molecule has 0 amide bonds. The van der Waals surface area contributed by atoms with Gasteiger partial charge in [0.2, 0.25) is 0 Å². The van der Waals surface area contributed by atoms with Crippen LogP contribution in [0.5, 0.6) is 0 Å². The number of ketones is 1. The van der Waals surface area contributed by atoms with Gasteiger partial charge in [-0.3, -0.25) is 0 Å². The second-order valence-electron chi connectivity index (χ2n) is 2.48. The van der Waals surface area contributed by atoms with Crippen LogP contribution in [0.15, 0.2) is 0 Å². The summed E-state index contributed by atoms with van der Waals surface area (Å²) in [6.07, 6.45) is 1.16. The summed E-state index contributed by atoms with van der Waals surface area (Å²) in [5.74, 6) is 0.289. The molecular formula is C8H18O3. The number of rotatable bonds is 3. The van der Waals surface area contributed by atoms with Crippen LogP contribution in [0.4, 0.5) is 0 Å². The molecule has 68 valence electrons. The van der Waals surface area contributed by atoms with Gasteiger partial charge in [-0.25, -0.2) is 0 Å². The molecule has 0 aliphatic carbocycles. The summed E-state index contributed by atoms with van der Waals surface area (Å²) in [4.78, 5) is 10.0. The van der Waals surface area contributed by atoms with Crippen molar-refractivity contribution in [2.45, 2.75) is 39.7 Å². The van der Waals surface area contributed by atoms with Gasteiger partial charge < -0.3 is 15.0 Å². The van der Waals surface area contributed by atoms with E-state index in [1.165, 1.54) is 6.92 Å². The zero-order valence-electron chi connectivity index (χ0n) is 7.50. The number of carbonyl (C=O) groups excluding carboxylic acids is 1. The lowest BCUT2D eigenvalue weighted by molar-refractivity contribution is -0.117. The molecule has 0 aliphatic rings. The van der Waals surface area contributed by atoms with E-state index in [2.05, 4.69) is 0 Å². The van der Waals surface area contributed by atoms with E-state index in [0.29, 0.717) is 0 Å². The van der Waals surface area contributed by atoms with E-state index in [1.54, 1.807) is 6.92 Å². The molecule has 3 nitrogen and oxygen atoms in total. The van der Waals surface area contributed by atoms with Gasteiger partial charge in [0.05, 0.1) is 12.7 Å². The molecule has 3 heteroatoms. The lowest BCUT2D eigenvalue weighted by Crippen LogP contribution is -2.03. The highest BCUT2D eigenvalue weighted by Gasteiger charge is 1.84. The van der Waals surface area contributed by atoms with Gasteiger partial charge in [-0.15, -0.1) is 0 Å². The molecule has 0 aromatic heterocycles. The Morgan fingerprint density at radius 3 is 1.91 bits per heavy atom. The highest BCUT2D eigenvalue weighted by Crippen LogP contribution is 1.84. The van der Waals surface area contributed by atoms with Crippen molar-refractivity contribution in [3.8, 4) is 0 Å². The molecular weight excluding hydrogens is 144 g/mol. The second-order valence-corrected chi connectivity index (χ2v) is 2.48. The van der Waals surface area contributed by atoms with E-state index in [-0.39, 0.29) is 12.4 Å². The maximum absolute atomic E-state index is 10.0. The highest BCUT2D eigenvalue weighted by atomic mass is 16.3. The van der Waals surface area contributed by atoms with Gasteiger partial charge in [-0.05, 0) is 20.3 Å². The fourth-order valence-corrected chi connectivity index (χ4v) is 0.352. The molecule has 1 unspecified atom stereocenters. The number of hydrogen-bond donors (Lipinski definition) is 2. The monoisotopic (exact) mass is 162 g/mol. The second kappa shape index (κ2) is 9.59. The van der Waals surface area contributed by atoms with Crippen molar-refractivity contribution in [2.24, 2.45) is 0 Å².